The van der Waals surface area contributed by atoms with Gasteiger partial charge in [-0.25, -0.2) is 9.97 Å². The van der Waals surface area contributed by atoms with Crippen LogP contribution < -0.4 is 0 Å². The minimum Gasteiger partial charge on any atom is -0.291 e. The first-order valence-electron chi connectivity index (χ1n) is 7.28. The summed E-state index contributed by atoms with van der Waals surface area (Å²) in [6.07, 6.45) is 7.32. The van der Waals surface area contributed by atoms with E-state index < -0.39 is 0 Å². The van der Waals surface area contributed by atoms with Crippen LogP contribution in [0.1, 0.15) is 11.3 Å². The van der Waals surface area contributed by atoms with Gasteiger partial charge in [-0.1, -0.05) is 29.4 Å². The van der Waals surface area contributed by atoms with Crippen molar-refractivity contribution >= 4 is 29.1 Å². The lowest BCUT2D eigenvalue weighted by Gasteiger charge is -2.07. The molecule has 0 saturated heterocycles. The Morgan fingerprint density at radius 1 is 1.29 bits per heavy atom. The number of fused-ring (bicyclic) bond motifs is 1. The van der Waals surface area contributed by atoms with Crippen molar-refractivity contribution in [3.63, 3.8) is 0 Å². The predicted molar refractivity (Wildman–Crippen MR) is 93.7 cm³/mol. The maximum atomic E-state index is 6.22. The Bertz CT molecular complexity index is 976. The van der Waals surface area contributed by atoms with Gasteiger partial charge in [0.05, 0.1) is 11.4 Å². The van der Waals surface area contributed by atoms with Gasteiger partial charge in [-0.15, -0.1) is 10.2 Å². The summed E-state index contributed by atoms with van der Waals surface area (Å²) in [5.74, 6) is 1.38. The molecule has 0 aliphatic heterocycles. The molecule has 3 aromatic heterocycles. The van der Waals surface area contributed by atoms with Crippen molar-refractivity contribution in [2.24, 2.45) is 0 Å². The van der Waals surface area contributed by atoms with Crippen molar-refractivity contribution in [1.82, 2.24) is 29.1 Å². The van der Waals surface area contributed by atoms with E-state index in [9.17, 15) is 0 Å². The summed E-state index contributed by atoms with van der Waals surface area (Å²) in [7, 11) is 0. The zero-order chi connectivity index (χ0) is 16.5. The quantitative estimate of drug-likeness (QED) is 0.523. The summed E-state index contributed by atoms with van der Waals surface area (Å²) < 4.78 is 3.82. The number of nitrogens with zero attached hydrogens (tertiary/aromatic N) is 6. The van der Waals surface area contributed by atoms with Crippen LogP contribution in [-0.2, 0) is 5.75 Å². The van der Waals surface area contributed by atoms with Crippen molar-refractivity contribution in [2.45, 2.75) is 17.8 Å². The number of thioether (sulfide) groups is 1. The maximum Gasteiger partial charge on any atom is 0.233 e. The molecule has 0 unspecified atom stereocenters. The monoisotopic (exact) mass is 356 g/mol. The second kappa shape index (κ2) is 6.26. The minimum atomic E-state index is 0.682. The molecule has 0 aliphatic carbocycles. The molecule has 1 aromatic carbocycles. The molecule has 0 amide bonds. The summed E-state index contributed by atoms with van der Waals surface area (Å²) in [6.45, 7) is 1.98. The fraction of sp³-hybridized carbons (Fsp3) is 0.125. The highest BCUT2D eigenvalue weighted by atomic mass is 35.5. The normalized spacial score (nSPS) is 11.2. The molecular weight excluding hydrogens is 344 g/mol. The minimum absolute atomic E-state index is 0.682. The Morgan fingerprint density at radius 2 is 2.21 bits per heavy atom. The third-order valence-corrected chi connectivity index (χ3v) is 4.97. The summed E-state index contributed by atoms with van der Waals surface area (Å²) >= 11 is 7.79. The van der Waals surface area contributed by atoms with Gasteiger partial charge >= 0.3 is 0 Å². The molecule has 4 aromatic rings. The predicted octanol–water partition coefficient (Wildman–Crippen LogP) is 3.56. The number of benzene rings is 1. The average molecular weight is 357 g/mol. The Kier molecular flexibility index (Phi) is 3.95. The van der Waals surface area contributed by atoms with E-state index in [-0.39, 0.29) is 0 Å². The maximum absolute atomic E-state index is 6.22. The Morgan fingerprint density at radius 3 is 3.04 bits per heavy atom. The molecule has 120 valence electrons. The van der Waals surface area contributed by atoms with Crippen molar-refractivity contribution in [3.8, 4) is 5.69 Å². The van der Waals surface area contributed by atoms with Gasteiger partial charge < -0.3 is 0 Å². The summed E-state index contributed by atoms with van der Waals surface area (Å²) in [6, 6.07) is 7.78. The lowest BCUT2D eigenvalue weighted by atomic mass is 10.2. The molecule has 0 N–H and O–H groups in total. The molecule has 0 fully saturated rings. The molecule has 24 heavy (non-hydrogen) atoms. The molecule has 0 spiro atoms. The van der Waals surface area contributed by atoms with E-state index in [2.05, 4.69) is 20.2 Å². The average Bonchev–Trinajstić information content (AvgIpc) is 3.21. The van der Waals surface area contributed by atoms with Crippen molar-refractivity contribution in [1.29, 1.82) is 0 Å². The number of aryl methyl sites for hydroxylation is 1. The molecule has 0 atom stereocenters. The molecule has 6 nitrogen and oxygen atoms in total. The number of aromatic nitrogens is 6. The van der Waals surface area contributed by atoms with E-state index in [0.29, 0.717) is 11.5 Å². The molecule has 4 rings (SSSR count). The van der Waals surface area contributed by atoms with Gasteiger partial charge in [0.15, 0.2) is 5.16 Å². The van der Waals surface area contributed by atoms with Gasteiger partial charge in [0, 0.05) is 29.4 Å². The first-order valence-corrected chi connectivity index (χ1v) is 8.65. The smallest absolute Gasteiger partial charge is 0.233 e. The Labute approximate surface area is 147 Å². The first-order chi connectivity index (χ1) is 11.7. The van der Waals surface area contributed by atoms with E-state index >= 15 is 0 Å². The number of rotatable bonds is 4. The third kappa shape index (κ3) is 2.88. The fourth-order valence-electron chi connectivity index (χ4n) is 2.32. The van der Waals surface area contributed by atoms with Crippen LogP contribution in [0.4, 0.5) is 0 Å². The highest BCUT2D eigenvalue weighted by Crippen LogP contribution is 2.25. The lowest BCUT2D eigenvalue weighted by Crippen LogP contribution is -1.96. The van der Waals surface area contributed by atoms with Crippen molar-refractivity contribution in [3.05, 3.63) is 65.5 Å². The van der Waals surface area contributed by atoms with Crippen LogP contribution >= 0.6 is 23.4 Å². The number of hydrogen-bond acceptors (Lipinski definition) is 5. The van der Waals surface area contributed by atoms with E-state index in [1.807, 2.05) is 52.6 Å². The molecule has 8 heteroatoms. The molecule has 3 heterocycles. The van der Waals surface area contributed by atoms with Crippen LogP contribution in [0, 0.1) is 6.92 Å². The molecule has 0 aliphatic rings. The lowest BCUT2D eigenvalue weighted by molar-refractivity contribution is 0.883. The van der Waals surface area contributed by atoms with Crippen LogP contribution in [0.3, 0.4) is 0 Å². The largest absolute Gasteiger partial charge is 0.291 e. The van der Waals surface area contributed by atoms with Gasteiger partial charge in [0.1, 0.15) is 6.33 Å². The number of halogens is 1. The van der Waals surface area contributed by atoms with Crippen LogP contribution in [0.15, 0.2) is 54.3 Å². The Balaban J connectivity index is 1.57. The molecule has 0 saturated carbocycles. The van der Waals surface area contributed by atoms with Gasteiger partial charge in [0.2, 0.25) is 5.78 Å². The van der Waals surface area contributed by atoms with Crippen LogP contribution in [0.25, 0.3) is 11.5 Å². The van der Waals surface area contributed by atoms with Gasteiger partial charge in [-0.3, -0.25) is 8.97 Å². The van der Waals surface area contributed by atoms with Crippen LogP contribution in [0.5, 0.6) is 0 Å². The zero-order valence-electron chi connectivity index (χ0n) is 12.8. The SMILES string of the molecule is Cc1ccc(-n2cnnc2SCc2cn3cccnc3n2)cc1Cl. The highest BCUT2D eigenvalue weighted by Gasteiger charge is 2.10. The zero-order valence-corrected chi connectivity index (χ0v) is 14.4. The van der Waals surface area contributed by atoms with Gasteiger partial charge in [0.25, 0.3) is 0 Å². The van der Waals surface area contributed by atoms with Crippen LogP contribution in [-0.4, -0.2) is 29.1 Å². The summed E-state index contributed by atoms with van der Waals surface area (Å²) in [4.78, 5) is 8.72. The first kappa shape index (κ1) is 15.2. The second-order valence-electron chi connectivity index (χ2n) is 5.26. The number of hydrogen-bond donors (Lipinski definition) is 0. The van der Waals surface area contributed by atoms with E-state index in [0.717, 1.165) is 27.1 Å². The molecular formula is C16H13ClN6S. The summed E-state index contributed by atoms with van der Waals surface area (Å²) in [5, 5.41) is 9.73. The fourth-order valence-corrected chi connectivity index (χ4v) is 3.31. The molecule has 0 radical (unpaired) electrons. The Hall–Kier alpha value is -2.38. The topological polar surface area (TPSA) is 60.9 Å². The third-order valence-electron chi connectivity index (χ3n) is 3.58. The van der Waals surface area contributed by atoms with Crippen LogP contribution in [0.2, 0.25) is 5.02 Å². The van der Waals surface area contributed by atoms with Gasteiger partial charge in [-0.05, 0) is 30.7 Å². The van der Waals surface area contributed by atoms with Crippen molar-refractivity contribution < 1.29 is 0 Å². The van der Waals surface area contributed by atoms with Gasteiger partial charge in [-0.2, -0.15) is 0 Å². The number of imidazole rings is 1. The van der Waals surface area contributed by atoms with E-state index in [1.165, 1.54) is 0 Å². The van der Waals surface area contributed by atoms with E-state index in [1.54, 1.807) is 24.3 Å². The van der Waals surface area contributed by atoms with Crippen molar-refractivity contribution in [2.75, 3.05) is 0 Å². The second-order valence-corrected chi connectivity index (χ2v) is 6.61. The highest BCUT2D eigenvalue weighted by molar-refractivity contribution is 7.98. The molecule has 0 bridgehead atoms. The van der Waals surface area contributed by atoms with E-state index in [4.69, 9.17) is 11.6 Å². The standard InChI is InChI=1S/C16H13ClN6S/c1-11-3-4-13(7-14(11)17)23-10-19-21-16(23)24-9-12-8-22-6-2-5-18-15(22)20-12/h2-8,10H,9H2,1H3. The summed E-state index contributed by atoms with van der Waals surface area (Å²) in [5.41, 5.74) is 2.92.